The van der Waals surface area contributed by atoms with Crippen LogP contribution >= 0.6 is 0 Å². The monoisotopic (exact) mass is 394 g/mol. The largest absolute Gasteiger partial charge is 0.360 e. The molecule has 3 N–H and O–H groups in total. The minimum absolute atomic E-state index is 0.0602. The Hall–Kier alpha value is -2.55. The molecule has 27 heavy (non-hydrogen) atoms. The van der Waals surface area contributed by atoms with Crippen molar-refractivity contribution < 1.29 is 17.7 Å². The van der Waals surface area contributed by atoms with Crippen molar-refractivity contribution in [1.29, 1.82) is 0 Å². The lowest BCUT2D eigenvalue weighted by Gasteiger charge is -2.09. The summed E-state index contributed by atoms with van der Waals surface area (Å²) in [5.74, 6) is 0.622. The molecule has 0 fully saturated rings. The van der Waals surface area contributed by atoms with Gasteiger partial charge < -0.3 is 15.2 Å². The summed E-state index contributed by atoms with van der Waals surface area (Å²) in [6, 6.07) is 7.07. The van der Waals surface area contributed by atoms with Crippen LogP contribution in [0.5, 0.6) is 0 Å². The second kappa shape index (κ2) is 9.96. The summed E-state index contributed by atoms with van der Waals surface area (Å²) in [5, 5.41) is 9.08. The highest BCUT2D eigenvalue weighted by Gasteiger charge is 2.16. The highest BCUT2D eigenvalue weighted by atomic mass is 32.2. The van der Waals surface area contributed by atoms with Gasteiger partial charge in [0.2, 0.25) is 0 Å². The first kappa shape index (κ1) is 20.8. The van der Waals surface area contributed by atoms with Crippen LogP contribution in [0.4, 0.5) is 16.3 Å². The van der Waals surface area contributed by atoms with Crippen LogP contribution in [0.2, 0.25) is 0 Å². The standard InChI is InChI=1S/C18H26N4O4S/c1-3-4-5-6-7-12-19-18(23)20-15-8-10-16(11-9-15)27(24,25)22-17-13-14(2)26-21-17/h8-11,13H,3-7,12H2,1-2H3,(H,21,22)(H2,19,20,23). The molecule has 0 saturated carbocycles. The number of urea groups is 1. The predicted molar refractivity (Wildman–Crippen MR) is 104 cm³/mol. The smallest absolute Gasteiger partial charge is 0.319 e. The van der Waals surface area contributed by atoms with E-state index in [-0.39, 0.29) is 16.7 Å². The minimum Gasteiger partial charge on any atom is -0.360 e. The fraction of sp³-hybridized carbons (Fsp3) is 0.444. The number of aryl methyl sites for hydroxylation is 1. The molecule has 0 aliphatic heterocycles. The number of sulfonamides is 1. The molecule has 148 valence electrons. The Balaban J connectivity index is 1.82. The number of nitrogens with zero attached hydrogens (tertiary/aromatic N) is 1. The quantitative estimate of drug-likeness (QED) is 0.529. The molecule has 2 rings (SSSR count). The van der Waals surface area contributed by atoms with Gasteiger partial charge in [-0.05, 0) is 37.6 Å². The minimum atomic E-state index is -3.77. The summed E-state index contributed by atoms with van der Waals surface area (Å²) in [4.78, 5) is 11.9. The van der Waals surface area contributed by atoms with Crippen molar-refractivity contribution in [2.24, 2.45) is 0 Å². The lowest BCUT2D eigenvalue weighted by Crippen LogP contribution is -2.29. The molecule has 9 heteroatoms. The van der Waals surface area contributed by atoms with Crippen LogP contribution in [-0.4, -0.2) is 26.2 Å². The summed E-state index contributed by atoms with van der Waals surface area (Å²) in [6.07, 6.45) is 5.62. The van der Waals surface area contributed by atoms with Crippen molar-refractivity contribution in [3.05, 3.63) is 36.1 Å². The first-order valence-corrected chi connectivity index (χ1v) is 10.5. The Morgan fingerprint density at radius 3 is 2.44 bits per heavy atom. The van der Waals surface area contributed by atoms with Gasteiger partial charge in [-0.1, -0.05) is 37.8 Å². The molecule has 1 aromatic carbocycles. The van der Waals surface area contributed by atoms with Crippen LogP contribution in [0.25, 0.3) is 0 Å². The first-order valence-electron chi connectivity index (χ1n) is 9.02. The highest BCUT2D eigenvalue weighted by molar-refractivity contribution is 7.92. The van der Waals surface area contributed by atoms with Gasteiger partial charge >= 0.3 is 6.03 Å². The van der Waals surface area contributed by atoms with Crippen LogP contribution in [-0.2, 0) is 10.0 Å². The Labute approximate surface area is 159 Å². The number of benzene rings is 1. The number of rotatable bonds is 10. The van der Waals surface area contributed by atoms with Crippen LogP contribution in [0.3, 0.4) is 0 Å². The van der Waals surface area contributed by atoms with Gasteiger partial charge in [0.1, 0.15) is 5.76 Å². The van der Waals surface area contributed by atoms with Crippen LogP contribution < -0.4 is 15.4 Å². The van der Waals surface area contributed by atoms with Gasteiger partial charge in [-0.15, -0.1) is 0 Å². The van der Waals surface area contributed by atoms with Crippen molar-refractivity contribution in [3.8, 4) is 0 Å². The zero-order valence-electron chi connectivity index (χ0n) is 15.6. The Bertz CT molecular complexity index is 831. The van der Waals surface area contributed by atoms with Gasteiger partial charge in [-0.2, -0.15) is 0 Å². The molecule has 0 unspecified atom stereocenters. The second-order valence-electron chi connectivity index (χ2n) is 6.25. The lowest BCUT2D eigenvalue weighted by molar-refractivity contribution is 0.252. The number of carbonyl (C=O) groups excluding carboxylic acids is 1. The number of hydrogen-bond donors (Lipinski definition) is 3. The summed E-state index contributed by atoms with van der Waals surface area (Å²) in [5.41, 5.74) is 0.509. The summed E-state index contributed by atoms with van der Waals surface area (Å²) in [7, 11) is -3.77. The number of amides is 2. The van der Waals surface area contributed by atoms with E-state index in [0.29, 0.717) is 18.0 Å². The third-order valence-electron chi connectivity index (χ3n) is 3.86. The fourth-order valence-electron chi connectivity index (χ4n) is 2.43. The number of carbonyl (C=O) groups is 1. The van der Waals surface area contributed by atoms with Crippen molar-refractivity contribution in [3.63, 3.8) is 0 Å². The van der Waals surface area contributed by atoms with E-state index < -0.39 is 10.0 Å². The van der Waals surface area contributed by atoms with Crippen LogP contribution in [0.1, 0.15) is 44.8 Å². The topological polar surface area (TPSA) is 113 Å². The van der Waals surface area contributed by atoms with Gasteiger partial charge in [0, 0.05) is 18.3 Å². The van der Waals surface area contributed by atoms with Gasteiger partial charge in [-0.25, -0.2) is 13.2 Å². The number of unbranched alkanes of at least 4 members (excludes halogenated alkanes) is 4. The Morgan fingerprint density at radius 2 is 1.81 bits per heavy atom. The summed E-state index contributed by atoms with van der Waals surface area (Å²) in [6.45, 7) is 4.44. The van der Waals surface area contributed by atoms with E-state index in [1.54, 1.807) is 6.92 Å². The Morgan fingerprint density at radius 1 is 1.11 bits per heavy atom. The van der Waals surface area contributed by atoms with Crippen molar-refractivity contribution in [2.45, 2.75) is 50.8 Å². The summed E-state index contributed by atoms with van der Waals surface area (Å²) < 4.78 is 31.8. The molecule has 0 aliphatic carbocycles. The maximum absolute atomic E-state index is 12.3. The first-order chi connectivity index (χ1) is 12.9. The van der Waals surface area contributed by atoms with Crippen molar-refractivity contribution >= 4 is 27.6 Å². The molecule has 2 aromatic rings. The van der Waals surface area contributed by atoms with E-state index in [9.17, 15) is 13.2 Å². The van der Waals surface area contributed by atoms with Gasteiger partial charge in [0.05, 0.1) is 4.90 Å². The van der Waals surface area contributed by atoms with E-state index in [1.807, 2.05) is 0 Å². The molecule has 0 spiro atoms. The molecule has 0 saturated heterocycles. The number of nitrogens with one attached hydrogen (secondary N) is 3. The maximum Gasteiger partial charge on any atom is 0.319 e. The van der Waals surface area contributed by atoms with Gasteiger partial charge in [0.15, 0.2) is 5.82 Å². The molecular formula is C18H26N4O4S. The molecule has 1 aromatic heterocycles. The normalized spacial score (nSPS) is 11.2. The average molecular weight is 394 g/mol. The third-order valence-corrected chi connectivity index (χ3v) is 5.23. The SMILES string of the molecule is CCCCCCCNC(=O)Nc1ccc(S(=O)(=O)Nc2cc(C)on2)cc1. The zero-order valence-corrected chi connectivity index (χ0v) is 16.4. The predicted octanol–water partition coefficient (Wildman–Crippen LogP) is 3.88. The number of hydrogen-bond acceptors (Lipinski definition) is 5. The van der Waals surface area contributed by atoms with E-state index in [2.05, 4.69) is 27.4 Å². The van der Waals surface area contributed by atoms with Crippen LogP contribution in [0, 0.1) is 6.92 Å². The summed E-state index contributed by atoms with van der Waals surface area (Å²) >= 11 is 0. The fourth-order valence-corrected chi connectivity index (χ4v) is 3.42. The van der Waals surface area contributed by atoms with Crippen molar-refractivity contribution in [2.75, 3.05) is 16.6 Å². The molecule has 0 radical (unpaired) electrons. The molecule has 1 heterocycles. The van der Waals surface area contributed by atoms with Crippen molar-refractivity contribution in [1.82, 2.24) is 10.5 Å². The molecule has 0 bridgehead atoms. The van der Waals surface area contributed by atoms with E-state index in [1.165, 1.54) is 49.6 Å². The van der Waals surface area contributed by atoms with Gasteiger partial charge in [-0.3, -0.25) is 4.72 Å². The lowest BCUT2D eigenvalue weighted by atomic mass is 10.1. The highest BCUT2D eigenvalue weighted by Crippen LogP contribution is 2.18. The molecular weight excluding hydrogens is 368 g/mol. The molecule has 0 aliphatic rings. The second-order valence-corrected chi connectivity index (χ2v) is 7.93. The zero-order chi connectivity index (χ0) is 19.7. The molecule has 8 nitrogen and oxygen atoms in total. The van der Waals surface area contributed by atoms with E-state index in [4.69, 9.17) is 4.52 Å². The maximum atomic E-state index is 12.3. The third kappa shape index (κ3) is 6.93. The van der Waals surface area contributed by atoms with Gasteiger partial charge in [0.25, 0.3) is 10.0 Å². The van der Waals surface area contributed by atoms with Crippen LogP contribution in [0.15, 0.2) is 39.8 Å². The molecule has 0 atom stereocenters. The average Bonchev–Trinajstić information content (AvgIpc) is 3.02. The molecule has 2 amide bonds. The number of aromatic nitrogens is 1. The Kier molecular flexibility index (Phi) is 7.66. The van der Waals surface area contributed by atoms with E-state index >= 15 is 0 Å². The van der Waals surface area contributed by atoms with E-state index in [0.717, 1.165) is 12.8 Å². The number of anilines is 2.